The molecule has 0 fully saturated rings. The lowest BCUT2D eigenvalue weighted by Crippen LogP contribution is -2.12. The number of anilines is 1. The summed E-state index contributed by atoms with van der Waals surface area (Å²) < 4.78 is 0. The molecule has 0 aromatic heterocycles. The van der Waals surface area contributed by atoms with E-state index >= 15 is 0 Å². The molecule has 0 unspecified atom stereocenters. The molecule has 1 aliphatic heterocycles. The van der Waals surface area contributed by atoms with Crippen molar-refractivity contribution in [1.82, 2.24) is 0 Å². The summed E-state index contributed by atoms with van der Waals surface area (Å²) in [5.74, 6) is 0.881. The Morgan fingerprint density at radius 2 is 1.59 bits per heavy atom. The lowest BCUT2D eigenvalue weighted by molar-refractivity contribution is 1.51. The molecular formula is C15H12N2. The molecule has 0 atom stereocenters. The van der Waals surface area contributed by atoms with Crippen LogP contribution in [-0.4, -0.2) is 5.84 Å². The second-order valence-corrected chi connectivity index (χ2v) is 3.87. The Morgan fingerprint density at radius 1 is 0.824 bits per heavy atom. The molecule has 0 aliphatic carbocycles. The summed E-state index contributed by atoms with van der Waals surface area (Å²) in [6, 6.07) is 18.3. The van der Waals surface area contributed by atoms with Crippen molar-refractivity contribution in [2.75, 3.05) is 5.32 Å². The second kappa shape index (κ2) is 4.26. The fraction of sp³-hybridized carbons (Fsp3) is 0. The summed E-state index contributed by atoms with van der Waals surface area (Å²) in [6.45, 7) is 0. The number of rotatable bonds is 1. The second-order valence-electron chi connectivity index (χ2n) is 3.87. The van der Waals surface area contributed by atoms with Gasteiger partial charge < -0.3 is 5.32 Å². The van der Waals surface area contributed by atoms with E-state index < -0.39 is 0 Å². The van der Waals surface area contributed by atoms with E-state index in [9.17, 15) is 0 Å². The molecule has 2 aromatic carbocycles. The highest BCUT2D eigenvalue weighted by Gasteiger charge is 2.07. The number of para-hydroxylation sites is 1. The molecule has 2 aromatic rings. The molecule has 0 radical (unpaired) electrons. The van der Waals surface area contributed by atoms with Gasteiger partial charge in [0.15, 0.2) is 0 Å². The van der Waals surface area contributed by atoms with Crippen LogP contribution in [0.25, 0.3) is 6.08 Å². The zero-order valence-corrected chi connectivity index (χ0v) is 9.30. The molecule has 2 nitrogen and oxygen atoms in total. The minimum atomic E-state index is 0.881. The Morgan fingerprint density at radius 3 is 2.47 bits per heavy atom. The number of benzene rings is 2. The van der Waals surface area contributed by atoms with Crippen LogP contribution in [0, 0.1) is 0 Å². The summed E-state index contributed by atoms with van der Waals surface area (Å²) in [5, 5.41) is 3.36. The van der Waals surface area contributed by atoms with Crippen LogP contribution in [0.1, 0.15) is 11.1 Å². The summed E-state index contributed by atoms with van der Waals surface area (Å²) in [6.07, 6.45) is 3.85. The van der Waals surface area contributed by atoms with Gasteiger partial charge >= 0.3 is 0 Å². The van der Waals surface area contributed by atoms with Gasteiger partial charge in [0.05, 0.1) is 0 Å². The van der Waals surface area contributed by atoms with Crippen LogP contribution in [0.5, 0.6) is 0 Å². The first kappa shape index (κ1) is 9.85. The maximum Gasteiger partial charge on any atom is 0.137 e. The summed E-state index contributed by atoms with van der Waals surface area (Å²) in [4.78, 5) is 4.43. The molecule has 82 valence electrons. The predicted molar refractivity (Wildman–Crippen MR) is 72.1 cm³/mol. The summed E-state index contributed by atoms with van der Waals surface area (Å²) in [7, 11) is 0. The molecule has 0 saturated carbocycles. The van der Waals surface area contributed by atoms with E-state index in [1.165, 1.54) is 0 Å². The molecule has 17 heavy (non-hydrogen) atoms. The van der Waals surface area contributed by atoms with Crippen molar-refractivity contribution in [3.05, 3.63) is 71.9 Å². The van der Waals surface area contributed by atoms with Gasteiger partial charge in [-0.15, -0.1) is 0 Å². The first-order valence-corrected chi connectivity index (χ1v) is 5.59. The smallest absolute Gasteiger partial charge is 0.137 e. The monoisotopic (exact) mass is 220 g/mol. The van der Waals surface area contributed by atoms with Gasteiger partial charge in [0.2, 0.25) is 0 Å². The van der Waals surface area contributed by atoms with Crippen LogP contribution in [0.4, 0.5) is 5.69 Å². The largest absolute Gasteiger partial charge is 0.339 e. The van der Waals surface area contributed by atoms with Gasteiger partial charge in [0.1, 0.15) is 5.84 Å². The third-order valence-electron chi connectivity index (χ3n) is 2.72. The zero-order chi connectivity index (χ0) is 11.5. The normalized spacial score (nSPS) is 13.3. The lowest BCUT2D eigenvalue weighted by atomic mass is 10.1. The lowest BCUT2D eigenvalue weighted by Gasteiger charge is -2.09. The van der Waals surface area contributed by atoms with Crippen molar-refractivity contribution in [1.29, 1.82) is 0 Å². The topological polar surface area (TPSA) is 24.4 Å². The van der Waals surface area contributed by atoms with Gasteiger partial charge in [-0.3, -0.25) is 0 Å². The van der Waals surface area contributed by atoms with E-state index in [2.05, 4.69) is 22.4 Å². The molecule has 3 rings (SSSR count). The molecule has 1 N–H and O–H groups in total. The number of fused-ring (bicyclic) bond motifs is 1. The summed E-state index contributed by atoms with van der Waals surface area (Å²) in [5.41, 5.74) is 3.33. The Hall–Kier alpha value is -2.35. The van der Waals surface area contributed by atoms with Crippen molar-refractivity contribution >= 4 is 17.6 Å². The van der Waals surface area contributed by atoms with E-state index in [0.717, 1.165) is 22.6 Å². The van der Waals surface area contributed by atoms with Gasteiger partial charge in [-0.25, -0.2) is 4.99 Å². The van der Waals surface area contributed by atoms with E-state index in [1.54, 1.807) is 0 Å². The van der Waals surface area contributed by atoms with Crippen LogP contribution in [0.3, 0.4) is 0 Å². The van der Waals surface area contributed by atoms with Crippen LogP contribution in [0.15, 0.2) is 65.8 Å². The molecule has 1 heterocycles. The van der Waals surface area contributed by atoms with Gasteiger partial charge in [0.25, 0.3) is 0 Å². The fourth-order valence-electron chi connectivity index (χ4n) is 1.85. The quantitative estimate of drug-likeness (QED) is 0.781. The fourth-order valence-corrected chi connectivity index (χ4v) is 1.85. The highest BCUT2D eigenvalue weighted by Crippen LogP contribution is 2.20. The number of amidine groups is 1. The maximum absolute atomic E-state index is 4.43. The minimum absolute atomic E-state index is 0.881. The number of nitrogens with zero attached hydrogens (tertiary/aromatic N) is 1. The Kier molecular flexibility index (Phi) is 2.47. The molecular weight excluding hydrogens is 208 g/mol. The van der Waals surface area contributed by atoms with Gasteiger partial charge in [-0.1, -0.05) is 48.5 Å². The molecule has 0 bridgehead atoms. The third kappa shape index (κ3) is 1.97. The molecule has 1 aliphatic rings. The van der Waals surface area contributed by atoms with Gasteiger partial charge in [-0.2, -0.15) is 0 Å². The van der Waals surface area contributed by atoms with Crippen molar-refractivity contribution in [2.45, 2.75) is 0 Å². The van der Waals surface area contributed by atoms with E-state index in [0.29, 0.717) is 0 Å². The SMILES string of the molecule is C1=Cc2ccccc2NC(c2ccccc2)=N1. The Bertz CT molecular complexity index is 583. The van der Waals surface area contributed by atoms with Gasteiger partial charge in [0, 0.05) is 17.5 Å². The summed E-state index contributed by atoms with van der Waals surface area (Å²) >= 11 is 0. The number of aliphatic imine (C=N–C) groups is 1. The first-order chi connectivity index (χ1) is 8.43. The molecule has 0 amide bonds. The van der Waals surface area contributed by atoms with E-state index in [4.69, 9.17) is 0 Å². The number of hydrogen-bond acceptors (Lipinski definition) is 2. The average Bonchev–Trinajstić information content (AvgIpc) is 2.62. The van der Waals surface area contributed by atoms with Crippen LogP contribution >= 0.6 is 0 Å². The van der Waals surface area contributed by atoms with Crippen molar-refractivity contribution in [3.8, 4) is 0 Å². The standard InChI is InChI=1S/C15H12N2/c1-2-7-13(8-3-1)15-16-11-10-12-6-4-5-9-14(12)17-15/h1-11H,(H,16,17). The number of hydrogen-bond donors (Lipinski definition) is 1. The Balaban J connectivity index is 2.02. The molecule has 2 heteroatoms. The predicted octanol–water partition coefficient (Wildman–Crippen LogP) is 3.53. The third-order valence-corrected chi connectivity index (χ3v) is 2.72. The van der Waals surface area contributed by atoms with Gasteiger partial charge in [-0.05, 0) is 17.7 Å². The first-order valence-electron chi connectivity index (χ1n) is 5.59. The van der Waals surface area contributed by atoms with Crippen molar-refractivity contribution in [3.63, 3.8) is 0 Å². The Labute approximate surface area is 100 Å². The average molecular weight is 220 g/mol. The minimum Gasteiger partial charge on any atom is -0.339 e. The van der Waals surface area contributed by atoms with Crippen LogP contribution in [0.2, 0.25) is 0 Å². The highest BCUT2D eigenvalue weighted by molar-refractivity contribution is 6.10. The van der Waals surface area contributed by atoms with Crippen molar-refractivity contribution in [2.24, 2.45) is 4.99 Å². The van der Waals surface area contributed by atoms with Crippen LogP contribution < -0.4 is 5.32 Å². The maximum atomic E-state index is 4.43. The number of nitrogens with one attached hydrogen (secondary N) is 1. The van der Waals surface area contributed by atoms with E-state index in [1.807, 2.05) is 54.7 Å². The van der Waals surface area contributed by atoms with E-state index in [-0.39, 0.29) is 0 Å². The highest BCUT2D eigenvalue weighted by atomic mass is 15.0. The zero-order valence-electron chi connectivity index (χ0n) is 9.30. The molecule has 0 spiro atoms. The molecule has 0 saturated heterocycles. The van der Waals surface area contributed by atoms with Crippen LogP contribution in [-0.2, 0) is 0 Å². The van der Waals surface area contributed by atoms with Crippen molar-refractivity contribution < 1.29 is 0 Å².